The summed E-state index contributed by atoms with van der Waals surface area (Å²) in [6.07, 6.45) is 3.53. The average molecular weight is 501 g/mol. The lowest BCUT2D eigenvalue weighted by Gasteiger charge is -2.25. The van der Waals surface area contributed by atoms with Gasteiger partial charge in [0.1, 0.15) is 17.6 Å². The van der Waals surface area contributed by atoms with Gasteiger partial charge >= 0.3 is 0 Å². The fourth-order valence-electron chi connectivity index (χ4n) is 4.50. The zero-order valence-electron chi connectivity index (χ0n) is 17.1. The second-order valence-electron chi connectivity index (χ2n) is 8.01. The summed E-state index contributed by atoms with van der Waals surface area (Å²) in [7, 11) is 1.86. The second kappa shape index (κ2) is 9.07. The highest BCUT2D eigenvalue weighted by Crippen LogP contribution is 2.38. The van der Waals surface area contributed by atoms with Gasteiger partial charge in [0.2, 0.25) is 0 Å². The summed E-state index contributed by atoms with van der Waals surface area (Å²) in [5.41, 5.74) is 2.68. The average Bonchev–Trinajstić information content (AvgIpc) is 3.37. The zero-order valence-corrected chi connectivity index (χ0v) is 19.5. The van der Waals surface area contributed by atoms with Gasteiger partial charge in [-0.3, -0.25) is 4.99 Å². The van der Waals surface area contributed by atoms with Gasteiger partial charge in [0, 0.05) is 56.3 Å². The number of hydrogen-bond donors (Lipinski definition) is 1. The van der Waals surface area contributed by atoms with Crippen LogP contribution in [0.2, 0.25) is 0 Å². The van der Waals surface area contributed by atoms with E-state index in [-0.39, 0.29) is 30.1 Å². The highest BCUT2D eigenvalue weighted by Gasteiger charge is 2.42. The third-order valence-electron chi connectivity index (χ3n) is 5.95. The fourth-order valence-corrected chi connectivity index (χ4v) is 4.50. The van der Waals surface area contributed by atoms with Crippen LogP contribution in [0.3, 0.4) is 0 Å². The van der Waals surface area contributed by atoms with Crippen molar-refractivity contribution in [1.82, 2.24) is 10.2 Å². The van der Waals surface area contributed by atoms with Crippen molar-refractivity contribution in [1.29, 1.82) is 0 Å². The number of likely N-dealkylation sites (tertiary alicyclic amines) is 1. The number of halogens is 1. The zero-order chi connectivity index (χ0) is 18.9. The van der Waals surface area contributed by atoms with Crippen molar-refractivity contribution in [3.05, 3.63) is 23.3 Å². The molecule has 7 heteroatoms. The summed E-state index contributed by atoms with van der Waals surface area (Å²) in [6.45, 7) is 9.30. The Bertz CT molecular complexity index is 719. The van der Waals surface area contributed by atoms with Crippen LogP contribution in [-0.2, 0) is 17.7 Å². The van der Waals surface area contributed by atoms with Crippen molar-refractivity contribution in [3.8, 4) is 11.5 Å². The maximum absolute atomic E-state index is 5.94. The predicted octanol–water partition coefficient (Wildman–Crippen LogP) is 3.21. The lowest BCUT2D eigenvalue weighted by Crippen LogP contribution is -2.41. The number of rotatable bonds is 4. The minimum atomic E-state index is 0. The van der Waals surface area contributed by atoms with Gasteiger partial charge in [-0.1, -0.05) is 0 Å². The van der Waals surface area contributed by atoms with Crippen molar-refractivity contribution >= 4 is 29.9 Å². The van der Waals surface area contributed by atoms with Crippen LogP contribution in [0.1, 0.15) is 37.8 Å². The van der Waals surface area contributed by atoms with E-state index in [0.29, 0.717) is 18.6 Å². The van der Waals surface area contributed by atoms with Crippen LogP contribution in [0.4, 0.5) is 0 Å². The van der Waals surface area contributed by atoms with E-state index < -0.39 is 0 Å². The van der Waals surface area contributed by atoms with Crippen molar-refractivity contribution in [2.45, 2.75) is 45.8 Å². The molecule has 3 aliphatic heterocycles. The molecule has 2 unspecified atom stereocenters. The maximum Gasteiger partial charge on any atom is 0.193 e. The molecule has 28 heavy (non-hydrogen) atoms. The number of nitrogens with zero attached hydrogens (tertiary/aromatic N) is 2. The van der Waals surface area contributed by atoms with Gasteiger partial charge in [-0.05, 0) is 38.8 Å². The molecule has 3 heterocycles. The molecule has 2 atom stereocenters. The van der Waals surface area contributed by atoms with Gasteiger partial charge in [-0.15, -0.1) is 24.0 Å². The molecule has 0 radical (unpaired) electrons. The molecule has 2 fully saturated rings. The molecular formula is C21H32IN3O3. The topological polar surface area (TPSA) is 55.3 Å². The minimum absolute atomic E-state index is 0. The Morgan fingerprint density at radius 3 is 2.96 bits per heavy atom. The van der Waals surface area contributed by atoms with Gasteiger partial charge in [-0.2, -0.15) is 0 Å². The van der Waals surface area contributed by atoms with Crippen LogP contribution in [0.25, 0.3) is 0 Å². The highest BCUT2D eigenvalue weighted by molar-refractivity contribution is 14.0. The van der Waals surface area contributed by atoms with E-state index in [1.54, 1.807) is 0 Å². The standard InChI is InChI=1S/C21H31N3O3.HI/c1-4-26-18-10-16-9-15(2)27-19(16)11-17(18)12-23-20(22-3)24-7-5-21(13-24)6-8-25-14-21;/h10-11,15H,4-9,12-14H2,1-3H3,(H,22,23);1H. The summed E-state index contributed by atoms with van der Waals surface area (Å²) in [4.78, 5) is 6.88. The van der Waals surface area contributed by atoms with E-state index >= 15 is 0 Å². The summed E-state index contributed by atoms with van der Waals surface area (Å²) in [5.74, 6) is 2.89. The summed E-state index contributed by atoms with van der Waals surface area (Å²) in [6, 6.07) is 4.27. The van der Waals surface area contributed by atoms with Crippen molar-refractivity contribution in [2.24, 2.45) is 10.4 Å². The van der Waals surface area contributed by atoms with Crippen molar-refractivity contribution in [2.75, 3.05) is 40.0 Å². The van der Waals surface area contributed by atoms with E-state index in [9.17, 15) is 0 Å². The smallest absolute Gasteiger partial charge is 0.193 e. The first kappa shape index (κ1) is 21.5. The molecule has 1 N–H and O–H groups in total. The molecule has 1 aromatic rings. The molecule has 0 aliphatic carbocycles. The first-order valence-electron chi connectivity index (χ1n) is 10.1. The molecule has 4 rings (SSSR count). The van der Waals surface area contributed by atoms with E-state index in [2.05, 4.69) is 34.3 Å². The number of guanidine groups is 1. The van der Waals surface area contributed by atoms with Gasteiger partial charge in [0.15, 0.2) is 5.96 Å². The summed E-state index contributed by atoms with van der Waals surface area (Å²) < 4.78 is 17.5. The first-order chi connectivity index (χ1) is 13.1. The molecule has 0 saturated carbocycles. The molecule has 0 bridgehead atoms. The molecule has 0 aromatic heterocycles. The van der Waals surface area contributed by atoms with E-state index in [0.717, 1.165) is 62.2 Å². The Labute approximate surface area is 185 Å². The lowest BCUT2D eigenvalue weighted by atomic mass is 9.87. The molecule has 6 nitrogen and oxygen atoms in total. The lowest BCUT2D eigenvalue weighted by molar-refractivity contribution is 0.156. The SMILES string of the molecule is CCOc1cc2c(cc1CNC(=NC)N1CCC3(CCOC3)C1)OC(C)C2.I. The third kappa shape index (κ3) is 4.35. The monoisotopic (exact) mass is 501 g/mol. The van der Waals surface area contributed by atoms with Gasteiger partial charge in [-0.25, -0.2) is 0 Å². The molecule has 156 valence electrons. The molecular weight excluding hydrogens is 469 g/mol. The molecule has 1 aromatic carbocycles. The minimum Gasteiger partial charge on any atom is -0.494 e. The van der Waals surface area contributed by atoms with Gasteiger partial charge in [0.25, 0.3) is 0 Å². The fraction of sp³-hybridized carbons (Fsp3) is 0.667. The van der Waals surface area contributed by atoms with Crippen LogP contribution in [-0.4, -0.2) is 56.9 Å². The maximum atomic E-state index is 5.94. The van der Waals surface area contributed by atoms with Crippen LogP contribution in [0.15, 0.2) is 17.1 Å². The number of ether oxygens (including phenoxy) is 3. The number of fused-ring (bicyclic) bond motifs is 1. The van der Waals surface area contributed by atoms with Crippen molar-refractivity contribution in [3.63, 3.8) is 0 Å². The quantitative estimate of drug-likeness (QED) is 0.390. The van der Waals surface area contributed by atoms with Crippen LogP contribution >= 0.6 is 24.0 Å². The van der Waals surface area contributed by atoms with E-state index in [1.807, 2.05) is 14.0 Å². The van der Waals surface area contributed by atoms with Crippen LogP contribution in [0, 0.1) is 5.41 Å². The Balaban J connectivity index is 0.00000225. The van der Waals surface area contributed by atoms with Crippen LogP contribution < -0.4 is 14.8 Å². The molecule has 2 saturated heterocycles. The Hall–Kier alpha value is -1.22. The molecule has 1 spiro atoms. The van der Waals surface area contributed by atoms with E-state index in [1.165, 1.54) is 12.0 Å². The molecule has 0 amide bonds. The highest BCUT2D eigenvalue weighted by atomic mass is 127. The van der Waals surface area contributed by atoms with Crippen LogP contribution in [0.5, 0.6) is 11.5 Å². The number of nitrogens with one attached hydrogen (secondary N) is 1. The Morgan fingerprint density at radius 2 is 2.25 bits per heavy atom. The third-order valence-corrected chi connectivity index (χ3v) is 5.95. The Kier molecular flexibility index (Phi) is 6.96. The number of aliphatic imine (C=N–C) groups is 1. The first-order valence-corrected chi connectivity index (χ1v) is 10.1. The largest absolute Gasteiger partial charge is 0.494 e. The normalized spacial score (nSPS) is 26.2. The number of hydrogen-bond acceptors (Lipinski definition) is 4. The van der Waals surface area contributed by atoms with Gasteiger partial charge < -0.3 is 24.4 Å². The molecule has 3 aliphatic rings. The van der Waals surface area contributed by atoms with Gasteiger partial charge in [0.05, 0.1) is 13.2 Å². The second-order valence-corrected chi connectivity index (χ2v) is 8.01. The summed E-state index contributed by atoms with van der Waals surface area (Å²) >= 11 is 0. The Morgan fingerprint density at radius 1 is 1.39 bits per heavy atom. The van der Waals surface area contributed by atoms with Crippen molar-refractivity contribution < 1.29 is 14.2 Å². The number of benzene rings is 1. The van der Waals surface area contributed by atoms with E-state index in [4.69, 9.17) is 14.2 Å². The predicted molar refractivity (Wildman–Crippen MR) is 121 cm³/mol. The summed E-state index contributed by atoms with van der Waals surface area (Å²) in [5, 5.41) is 3.53.